The summed E-state index contributed by atoms with van der Waals surface area (Å²) in [5.74, 6) is -0.0158. The van der Waals surface area contributed by atoms with Gasteiger partial charge in [-0.2, -0.15) is 0 Å². The maximum absolute atomic E-state index is 12.5. The third-order valence-electron chi connectivity index (χ3n) is 4.94. The maximum atomic E-state index is 12.5. The van der Waals surface area contributed by atoms with Crippen molar-refractivity contribution in [2.45, 2.75) is 37.5 Å². The summed E-state index contributed by atoms with van der Waals surface area (Å²) in [6, 6.07) is 12.2. The molecule has 3 rings (SSSR count). The summed E-state index contributed by atoms with van der Waals surface area (Å²) in [6.07, 6.45) is 2.87. The van der Waals surface area contributed by atoms with E-state index in [2.05, 4.69) is 10.8 Å². The van der Waals surface area contributed by atoms with E-state index >= 15 is 0 Å². The van der Waals surface area contributed by atoms with Gasteiger partial charge in [-0.1, -0.05) is 29.8 Å². The Bertz CT molecular complexity index is 941. The van der Waals surface area contributed by atoms with Crippen molar-refractivity contribution in [3.63, 3.8) is 0 Å². The first-order valence-electron chi connectivity index (χ1n) is 9.39. The Hall–Kier alpha value is -1.89. The number of nitrogens with one attached hydrogen (secondary N) is 1. The average Bonchev–Trinajstić information content (AvgIpc) is 2.66. The second-order valence-electron chi connectivity index (χ2n) is 7.00. The molecule has 1 atom stereocenters. The summed E-state index contributed by atoms with van der Waals surface area (Å²) >= 11 is 5.83. The summed E-state index contributed by atoms with van der Waals surface area (Å²) in [5, 5.41) is 0.501. The number of hydrogen-bond donors (Lipinski definition) is 1. The lowest BCUT2D eigenvalue weighted by Crippen LogP contribution is -2.32. The molecular formula is C21H24ClNO4S. The predicted molar refractivity (Wildman–Crippen MR) is 109 cm³/mol. The van der Waals surface area contributed by atoms with Crippen LogP contribution >= 0.6 is 11.6 Å². The second kappa shape index (κ2) is 9.07. The molecule has 0 saturated carbocycles. The number of rotatable bonds is 7. The van der Waals surface area contributed by atoms with E-state index in [1.54, 1.807) is 19.1 Å². The van der Waals surface area contributed by atoms with E-state index in [1.165, 1.54) is 23.3 Å². The fraction of sp³-hybridized carbons (Fsp3) is 0.381. The fourth-order valence-electron chi connectivity index (χ4n) is 3.47. The van der Waals surface area contributed by atoms with Crippen molar-refractivity contribution in [3.05, 3.63) is 64.2 Å². The number of halogens is 1. The van der Waals surface area contributed by atoms with Crippen molar-refractivity contribution < 1.29 is 17.9 Å². The molecule has 1 aliphatic rings. The Morgan fingerprint density at radius 2 is 1.93 bits per heavy atom. The van der Waals surface area contributed by atoms with Gasteiger partial charge in [0.15, 0.2) is 0 Å². The highest BCUT2D eigenvalue weighted by Gasteiger charge is 2.22. The van der Waals surface area contributed by atoms with Crippen LogP contribution in [0.3, 0.4) is 0 Å². The molecule has 0 spiro atoms. The van der Waals surface area contributed by atoms with E-state index in [0.29, 0.717) is 18.2 Å². The van der Waals surface area contributed by atoms with Crippen LogP contribution in [-0.2, 0) is 38.8 Å². The molecule has 0 fully saturated rings. The maximum Gasteiger partial charge on any atom is 0.310 e. The molecule has 28 heavy (non-hydrogen) atoms. The molecule has 7 heteroatoms. The molecule has 150 valence electrons. The monoisotopic (exact) mass is 421 g/mol. The highest BCUT2D eigenvalue weighted by molar-refractivity contribution is 7.89. The van der Waals surface area contributed by atoms with Crippen molar-refractivity contribution in [3.8, 4) is 0 Å². The molecule has 0 bridgehead atoms. The molecule has 0 radical (unpaired) electrons. The van der Waals surface area contributed by atoms with Crippen LogP contribution in [0, 0.1) is 5.92 Å². The van der Waals surface area contributed by atoms with Crippen molar-refractivity contribution in [1.82, 2.24) is 4.72 Å². The van der Waals surface area contributed by atoms with E-state index in [-0.39, 0.29) is 23.2 Å². The number of carbonyl (C=O) groups excluding carboxylic acids is 1. The first-order valence-corrected chi connectivity index (χ1v) is 11.2. The molecule has 2 aromatic rings. The Morgan fingerprint density at radius 1 is 1.18 bits per heavy atom. The Kier molecular flexibility index (Phi) is 6.75. The number of ether oxygens (including phenoxy) is 1. The molecular weight excluding hydrogens is 398 g/mol. The predicted octanol–water partition coefficient (Wildman–Crippen LogP) is 3.53. The normalized spacial score (nSPS) is 16.4. The number of esters is 1. The minimum atomic E-state index is -3.55. The Morgan fingerprint density at radius 3 is 2.64 bits per heavy atom. The summed E-state index contributed by atoms with van der Waals surface area (Å²) in [4.78, 5) is 11.9. The van der Waals surface area contributed by atoms with Crippen LogP contribution in [0.15, 0.2) is 47.4 Å². The van der Waals surface area contributed by atoms with Gasteiger partial charge >= 0.3 is 5.97 Å². The molecule has 0 amide bonds. The zero-order valence-corrected chi connectivity index (χ0v) is 17.4. The quantitative estimate of drug-likeness (QED) is 0.694. The van der Waals surface area contributed by atoms with Gasteiger partial charge in [-0.3, -0.25) is 4.79 Å². The molecule has 5 nitrogen and oxygen atoms in total. The van der Waals surface area contributed by atoms with Crippen LogP contribution in [0.2, 0.25) is 5.02 Å². The van der Waals surface area contributed by atoms with Gasteiger partial charge in [-0.25, -0.2) is 13.1 Å². The van der Waals surface area contributed by atoms with Gasteiger partial charge in [0, 0.05) is 11.6 Å². The summed E-state index contributed by atoms with van der Waals surface area (Å²) in [5.41, 5.74) is 3.38. The molecule has 0 heterocycles. The van der Waals surface area contributed by atoms with Crippen molar-refractivity contribution in [1.29, 1.82) is 0 Å². The lowest BCUT2D eigenvalue weighted by Gasteiger charge is -2.25. The summed E-state index contributed by atoms with van der Waals surface area (Å²) in [6.45, 7) is 2.55. The second-order valence-corrected chi connectivity index (χ2v) is 9.20. The highest BCUT2D eigenvalue weighted by atomic mass is 35.5. The van der Waals surface area contributed by atoms with Crippen molar-refractivity contribution in [2.75, 3.05) is 13.2 Å². The number of benzene rings is 2. The van der Waals surface area contributed by atoms with Crippen LogP contribution in [0.5, 0.6) is 0 Å². The highest BCUT2D eigenvalue weighted by Crippen LogP contribution is 2.27. The van der Waals surface area contributed by atoms with E-state index in [0.717, 1.165) is 24.8 Å². The molecule has 1 N–H and O–H groups in total. The van der Waals surface area contributed by atoms with Gasteiger partial charge in [0.2, 0.25) is 10.0 Å². The van der Waals surface area contributed by atoms with Crippen molar-refractivity contribution >= 4 is 27.6 Å². The van der Waals surface area contributed by atoms with Crippen LogP contribution in [0.4, 0.5) is 0 Å². The Balaban J connectivity index is 1.62. The zero-order valence-electron chi connectivity index (χ0n) is 15.8. The minimum Gasteiger partial charge on any atom is -0.466 e. The molecule has 0 aromatic heterocycles. The van der Waals surface area contributed by atoms with Crippen LogP contribution in [-0.4, -0.2) is 27.5 Å². The standard InChI is InChI=1S/C21H24ClNO4S/c1-2-27-21(24)13-15-3-5-17-6-4-16(12-18(17)11-15)14-23-28(25,26)20-9-7-19(22)8-10-20/h3,5,7-11,16,23H,2,4,6,12-14H2,1H3. The van der Waals surface area contributed by atoms with E-state index in [9.17, 15) is 13.2 Å². The smallest absolute Gasteiger partial charge is 0.310 e. The molecule has 2 aromatic carbocycles. The first kappa shape index (κ1) is 20.8. The molecule has 0 saturated heterocycles. The van der Waals surface area contributed by atoms with Crippen LogP contribution in [0.25, 0.3) is 0 Å². The van der Waals surface area contributed by atoms with Crippen LogP contribution < -0.4 is 4.72 Å². The van der Waals surface area contributed by atoms with Gasteiger partial charge < -0.3 is 4.74 Å². The lowest BCUT2D eigenvalue weighted by atomic mass is 9.83. The third kappa shape index (κ3) is 5.34. The largest absolute Gasteiger partial charge is 0.466 e. The van der Waals surface area contributed by atoms with Gasteiger partial charge in [-0.05, 0) is 73.1 Å². The average molecular weight is 422 g/mol. The minimum absolute atomic E-state index is 0.213. The van der Waals surface area contributed by atoms with Gasteiger partial charge in [-0.15, -0.1) is 0 Å². The topological polar surface area (TPSA) is 72.5 Å². The summed E-state index contributed by atoms with van der Waals surface area (Å²) < 4.78 is 32.7. The van der Waals surface area contributed by atoms with Gasteiger partial charge in [0.1, 0.15) is 0 Å². The van der Waals surface area contributed by atoms with Crippen LogP contribution in [0.1, 0.15) is 30.0 Å². The summed E-state index contributed by atoms with van der Waals surface area (Å²) in [7, 11) is -3.55. The van der Waals surface area contributed by atoms with Crippen molar-refractivity contribution in [2.24, 2.45) is 5.92 Å². The number of carbonyl (C=O) groups is 1. The van der Waals surface area contributed by atoms with E-state index in [4.69, 9.17) is 16.3 Å². The SMILES string of the molecule is CCOC(=O)Cc1ccc2c(c1)CC(CNS(=O)(=O)c1ccc(Cl)cc1)CC2. The number of aryl methyl sites for hydroxylation is 1. The lowest BCUT2D eigenvalue weighted by molar-refractivity contribution is -0.142. The van der Waals surface area contributed by atoms with Gasteiger partial charge in [0.05, 0.1) is 17.9 Å². The third-order valence-corrected chi connectivity index (χ3v) is 6.63. The first-order chi connectivity index (χ1) is 13.4. The molecule has 1 aliphatic carbocycles. The fourth-order valence-corrected chi connectivity index (χ4v) is 4.72. The number of sulfonamides is 1. The van der Waals surface area contributed by atoms with E-state index < -0.39 is 10.0 Å². The van der Waals surface area contributed by atoms with E-state index in [1.807, 2.05) is 12.1 Å². The van der Waals surface area contributed by atoms with Gasteiger partial charge in [0.25, 0.3) is 0 Å². The zero-order chi connectivity index (χ0) is 20.1. The molecule has 0 aliphatic heterocycles. The Labute approximate surface area is 171 Å². The molecule has 1 unspecified atom stereocenters. The number of hydrogen-bond acceptors (Lipinski definition) is 4. The number of fused-ring (bicyclic) bond motifs is 1.